The Labute approximate surface area is 170 Å². The third-order valence-electron chi connectivity index (χ3n) is 4.54. The highest BCUT2D eigenvalue weighted by molar-refractivity contribution is 6.02. The van der Waals surface area contributed by atoms with Crippen LogP contribution in [0, 0.1) is 0 Å². The molecule has 1 heterocycles. The van der Waals surface area contributed by atoms with Gasteiger partial charge in [-0.25, -0.2) is 0 Å². The van der Waals surface area contributed by atoms with Crippen LogP contribution in [0.3, 0.4) is 0 Å². The van der Waals surface area contributed by atoms with Crippen LogP contribution < -0.4 is 24.4 Å². The Balaban J connectivity index is 1.69. The van der Waals surface area contributed by atoms with Crippen molar-refractivity contribution in [2.75, 3.05) is 25.2 Å². The van der Waals surface area contributed by atoms with E-state index in [9.17, 15) is 9.59 Å². The number of anilines is 1. The Morgan fingerprint density at radius 1 is 1.17 bits per heavy atom. The van der Waals surface area contributed by atoms with E-state index in [4.69, 9.17) is 14.2 Å². The monoisotopic (exact) mass is 398 g/mol. The molecule has 154 valence electrons. The van der Waals surface area contributed by atoms with Crippen molar-refractivity contribution in [2.45, 2.75) is 32.9 Å². The molecule has 1 aliphatic rings. The van der Waals surface area contributed by atoms with E-state index in [-0.39, 0.29) is 37.1 Å². The van der Waals surface area contributed by atoms with Crippen LogP contribution in [-0.2, 0) is 9.59 Å². The zero-order chi connectivity index (χ0) is 21.0. The lowest BCUT2D eigenvalue weighted by atomic mass is 10.1. The van der Waals surface area contributed by atoms with Gasteiger partial charge in [0.1, 0.15) is 12.3 Å². The van der Waals surface area contributed by atoms with Crippen LogP contribution >= 0.6 is 0 Å². The second kappa shape index (κ2) is 8.86. The molecule has 0 spiro atoms. The summed E-state index contributed by atoms with van der Waals surface area (Å²) in [5.41, 5.74) is 1.48. The standard InChI is InChI=1S/C22H26N2O5/c1-14(2)29-19-10-9-16(11-20(19)27-4)15(3)23-21(25)12-24-17-7-5-6-8-18(17)28-13-22(24)26/h5-11,14-15H,12-13H2,1-4H3,(H,23,25). The van der Waals surface area contributed by atoms with Crippen molar-refractivity contribution in [3.05, 3.63) is 48.0 Å². The lowest BCUT2D eigenvalue weighted by Crippen LogP contribution is -2.45. The molecule has 29 heavy (non-hydrogen) atoms. The normalized spacial score (nSPS) is 14.1. The Hall–Kier alpha value is -3.22. The van der Waals surface area contributed by atoms with Crippen LogP contribution in [0.5, 0.6) is 17.2 Å². The number of methoxy groups -OCH3 is 1. The molecule has 1 unspecified atom stereocenters. The molecule has 0 radical (unpaired) electrons. The summed E-state index contributed by atoms with van der Waals surface area (Å²) in [6.07, 6.45) is 0.0285. The van der Waals surface area contributed by atoms with Crippen molar-refractivity contribution in [3.63, 3.8) is 0 Å². The van der Waals surface area contributed by atoms with Gasteiger partial charge in [-0.2, -0.15) is 0 Å². The van der Waals surface area contributed by atoms with Gasteiger partial charge in [-0.3, -0.25) is 14.5 Å². The average Bonchev–Trinajstić information content (AvgIpc) is 2.70. The van der Waals surface area contributed by atoms with Crippen molar-refractivity contribution >= 4 is 17.5 Å². The summed E-state index contributed by atoms with van der Waals surface area (Å²) >= 11 is 0. The number of nitrogens with zero attached hydrogens (tertiary/aromatic N) is 1. The molecular weight excluding hydrogens is 372 g/mol. The maximum atomic E-state index is 12.6. The molecule has 0 saturated heterocycles. The smallest absolute Gasteiger partial charge is 0.265 e. The van der Waals surface area contributed by atoms with Crippen molar-refractivity contribution in [1.29, 1.82) is 0 Å². The van der Waals surface area contributed by atoms with Gasteiger partial charge in [0.25, 0.3) is 5.91 Å². The largest absolute Gasteiger partial charge is 0.493 e. The van der Waals surface area contributed by atoms with Gasteiger partial charge in [-0.1, -0.05) is 18.2 Å². The Morgan fingerprint density at radius 2 is 1.93 bits per heavy atom. The molecule has 1 N–H and O–H groups in total. The van der Waals surface area contributed by atoms with Crippen molar-refractivity contribution < 1.29 is 23.8 Å². The molecule has 1 atom stereocenters. The molecule has 2 amide bonds. The van der Waals surface area contributed by atoms with E-state index in [1.54, 1.807) is 25.3 Å². The Bertz CT molecular complexity index is 897. The molecular formula is C22H26N2O5. The number of carbonyl (C=O) groups excluding carboxylic acids is 2. The van der Waals surface area contributed by atoms with Crippen LogP contribution in [0.1, 0.15) is 32.4 Å². The molecule has 2 aromatic carbocycles. The number of benzene rings is 2. The molecule has 0 saturated carbocycles. The second-order valence-electron chi connectivity index (χ2n) is 7.10. The lowest BCUT2D eigenvalue weighted by Gasteiger charge is -2.29. The molecule has 7 nitrogen and oxygen atoms in total. The van der Waals surface area contributed by atoms with Crippen LogP contribution in [0.4, 0.5) is 5.69 Å². The number of hydrogen-bond acceptors (Lipinski definition) is 5. The molecule has 0 aliphatic carbocycles. The lowest BCUT2D eigenvalue weighted by molar-refractivity contribution is -0.125. The van der Waals surface area contributed by atoms with E-state index >= 15 is 0 Å². The van der Waals surface area contributed by atoms with E-state index in [0.717, 1.165) is 5.56 Å². The highest BCUT2D eigenvalue weighted by Crippen LogP contribution is 2.32. The Kier molecular flexibility index (Phi) is 6.26. The number of amides is 2. The fraction of sp³-hybridized carbons (Fsp3) is 0.364. The number of ether oxygens (including phenoxy) is 3. The molecule has 0 aromatic heterocycles. The second-order valence-corrected chi connectivity index (χ2v) is 7.10. The summed E-state index contributed by atoms with van der Waals surface area (Å²) in [4.78, 5) is 26.3. The predicted molar refractivity (Wildman–Crippen MR) is 110 cm³/mol. The van der Waals surface area contributed by atoms with Gasteiger partial charge in [-0.15, -0.1) is 0 Å². The Morgan fingerprint density at radius 3 is 2.66 bits per heavy atom. The van der Waals surface area contributed by atoms with Crippen molar-refractivity contribution in [3.8, 4) is 17.2 Å². The summed E-state index contributed by atoms with van der Waals surface area (Å²) in [6.45, 7) is 5.62. The molecule has 3 rings (SSSR count). The number of para-hydroxylation sites is 2. The summed E-state index contributed by atoms with van der Waals surface area (Å²) < 4.78 is 16.6. The van der Waals surface area contributed by atoms with E-state index < -0.39 is 0 Å². The average molecular weight is 398 g/mol. The van der Waals surface area contributed by atoms with Crippen molar-refractivity contribution in [1.82, 2.24) is 5.32 Å². The quantitative estimate of drug-likeness (QED) is 0.776. The minimum Gasteiger partial charge on any atom is -0.493 e. The maximum absolute atomic E-state index is 12.6. The molecule has 2 aromatic rings. The number of rotatable bonds is 7. The van der Waals surface area contributed by atoms with Crippen LogP contribution in [-0.4, -0.2) is 38.2 Å². The van der Waals surface area contributed by atoms with E-state index in [1.807, 2.05) is 45.0 Å². The maximum Gasteiger partial charge on any atom is 0.265 e. The van der Waals surface area contributed by atoms with E-state index in [1.165, 1.54) is 4.90 Å². The first-order valence-corrected chi connectivity index (χ1v) is 9.55. The van der Waals surface area contributed by atoms with Gasteiger partial charge in [0.15, 0.2) is 18.1 Å². The molecule has 0 fully saturated rings. The summed E-state index contributed by atoms with van der Waals surface area (Å²) in [7, 11) is 1.58. The fourth-order valence-corrected chi connectivity index (χ4v) is 3.15. The first-order chi connectivity index (χ1) is 13.9. The predicted octanol–water partition coefficient (Wildman–Crippen LogP) is 3.09. The molecule has 0 bridgehead atoms. The van der Waals surface area contributed by atoms with E-state index in [0.29, 0.717) is 22.9 Å². The van der Waals surface area contributed by atoms with Gasteiger partial charge in [0, 0.05) is 0 Å². The number of carbonyl (C=O) groups is 2. The van der Waals surface area contributed by atoms with Crippen LogP contribution in [0.15, 0.2) is 42.5 Å². The van der Waals surface area contributed by atoms with Gasteiger partial charge in [0.05, 0.1) is 24.9 Å². The SMILES string of the molecule is COc1cc(C(C)NC(=O)CN2C(=O)COc3ccccc32)ccc1OC(C)C. The first kappa shape index (κ1) is 20.5. The van der Waals surface area contributed by atoms with Crippen LogP contribution in [0.2, 0.25) is 0 Å². The minimum atomic E-state index is -0.268. The highest BCUT2D eigenvalue weighted by atomic mass is 16.5. The molecule has 1 aliphatic heterocycles. The fourth-order valence-electron chi connectivity index (χ4n) is 3.15. The third kappa shape index (κ3) is 4.80. The van der Waals surface area contributed by atoms with Crippen molar-refractivity contribution in [2.24, 2.45) is 0 Å². The highest BCUT2D eigenvalue weighted by Gasteiger charge is 2.27. The van der Waals surface area contributed by atoms with E-state index in [2.05, 4.69) is 5.32 Å². The zero-order valence-corrected chi connectivity index (χ0v) is 17.1. The summed E-state index contributed by atoms with van der Waals surface area (Å²) in [5, 5.41) is 2.94. The summed E-state index contributed by atoms with van der Waals surface area (Å²) in [6, 6.07) is 12.5. The van der Waals surface area contributed by atoms with Gasteiger partial charge in [-0.05, 0) is 50.6 Å². The minimum absolute atomic E-state index is 0.0285. The number of fused-ring (bicyclic) bond motifs is 1. The van der Waals surface area contributed by atoms with Crippen LogP contribution in [0.25, 0.3) is 0 Å². The zero-order valence-electron chi connectivity index (χ0n) is 17.1. The number of nitrogens with one attached hydrogen (secondary N) is 1. The molecule has 7 heteroatoms. The van der Waals surface area contributed by atoms with Gasteiger partial charge >= 0.3 is 0 Å². The topological polar surface area (TPSA) is 77.1 Å². The first-order valence-electron chi connectivity index (χ1n) is 9.55. The van der Waals surface area contributed by atoms with Gasteiger partial charge in [0.2, 0.25) is 5.91 Å². The number of hydrogen-bond donors (Lipinski definition) is 1. The third-order valence-corrected chi connectivity index (χ3v) is 4.54. The summed E-state index contributed by atoms with van der Waals surface area (Å²) in [5.74, 6) is 1.35. The van der Waals surface area contributed by atoms with Gasteiger partial charge < -0.3 is 19.5 Å².